The summed E-state index contributed by atoms with van der Waals surface area (Å²) in [5, 5.41) is -0.154. The minimum absolute atomic E-state index is 0.000472. The van der Waals surface area contributed by atoms with Crippen LogP contribution >= 0.6 is 11.6 Å². The molecule has 0 aliphatic heterocycles. The maximum absolute atomic E-state index is 13.3. The molecule has 0 aliphatic rings. The summed E-state index contributed by atoms with van der Waals surface area (Å²) in [7, 11) is 1.44. The Balaban J connectivity index is 2.34. The fraction of sp³-hybridized carbons (Fsp3) is 0.389. The molecule has 0 saturated carbocycles. The van der Waals surface area contributed by atoms with E-state index in [0.29, 0.717) is 6.42 Å². The van der Waals surface area contributed by atoms with Crippen LogP contribution in [-0.4, -0.2) is 42.3 Å². The van der Waals surface area contributed by atoms with E-state index in [1.165, 1.54) is 23.8 Å². The van der Waals surface area contributed by atoms with Crippen LogP contribution in [0, 0.1) is 5.82 Å². The average molecular weight is 429 g/mol. The summed E-state index contributed by atoms with van der Waals surface area (Å²) in [6.07, 6.45) is 0.593. The largest absolute Gasteiger partial charge is 0.484 e. The van der Waals surface area contributed by atoms with Gasteiger partial charge in [0, 0.05) is 26.3 Å². The summed E-state index contributed by atoms with van der Waals surface area (Å²) in [4.78, 5) is 40.4. The second kappa shape index (κ2) is 10.1. The summed E-state index contributed by atoms with van der Waals surface area (Å²) < 4.78 is 24.8. The molecular formula is C18H22ClFN4O5. The first-order valence-electron chi connectivity index (χ1n) is 8.79. The molecule has 158 valence electrons. The Bertz CT molecular complexity index is 991. The van der Waals surface area contributed by atoms with Crippen LogP contribution in [0.15, 0.2) is 27.8 Å². The van der Waals surface area contributed by atoms with Crippen molar-refractivity contribution in [2.24, 2.45) is 0 Å². The third-order valence-corrected chi connectivity index (χ3v) is 4.29. The van der Waals surface area contributed by atoms with E-state index in [-0.39, 0.29) is 42.0 Å². The lowest BCUT2D eigenvalue weighted by Crippen LogP contribution is -2.44. The number of ether oxygens (including phenoxy) is 2. The standard InChI is InChI=1S/C18H22ClFN4O5/c1-3-6-24-16(21)15(17(26)22-18(24)27)23(7-8-28-2)14(25)10-29-11-4-5-13(20)12(19)9-11/h4-5,9H,3,6-8,10,21H2,1-2H3,(H,22,26,27). The second-order valence-electron chi connectivity index (χ2n) is 6.05. The molecule has 29 heavy (non-hydrogen) atoms. The third kappa shape index (κ3) is 5.36. The number of nitrogens with zero attached hydrogens (tertiary/aromatic N) is 2. The summed E-state index contributed by atoms with van der Waals surface area (Å²) in [6, 6.07) is 3.65. The van der Waals surface area contributed by atoms with Crippen molar-refractivity contribution in [1.29, 1.82) is 0 Å². The van der Waals surface area contributed by atoms with Crippen LogP contribution in [-0.2, 0) is 16.1 Å². The number of aromatic nitrogens is 2. The summed E-state index contributed by atoms with van der Waals surface area (Å²) in [5.74, 6) is -1.19. The molecule has 3 N–H and O–H groups in total. The molecule has 0 unspecified atom stereocenters. The number of carbonyl (C=O) groups excluding carboxylic acids is 1. The highest BCUT2D eigenvalue weighted by Gasteiger charge is 2.24. The van der Waals surface area contributed by atoms with Crippen LogP contribution in [0.5, 0.6) is 5.75 Å². The fourth-order valence-corrected chi connectivity index (χ4v) is 2.79. The Morgan fingerprint density at radius 3 is 2.72 bits per heavy atom. The number of halogens is 2. The lowest BCUT2D eigenvalue weighted by atomic mass is 10.3. The molecule has 2 rings (SSSR count). The normalized spacial score (nSPS) is 10.8. The number of hydrogen-bond acceptors (Lipinski definition) is 6. The molecule has 0 spiro atoms. The summed E-state index contributed by atoms with van der Waals surface area (Å²) in [6.45, 7) is 1.75. The van der Waals surface area contributed by atoms with Gasteiger partial charge in [-0.1, -0.05) is 18.5 Å². The first-order valence-corrected chi connectivity index (χ1v) is 9.17. The van der Waals surface area contributed by atoms with E-state index in [1.807, 2.05) is 6.92 Å². The van der Waals surface area contributed by atoms with Crippen molar-refractivity contribution in [3.8, 4) is 5.75 Å². The number of methoxy groups -OCH3 is 1. The van der Waals surface area contributed by atoms with Gasteiger partial charge in [-0.05, 0) is 18.6 Å². The number of nitrogens with one attached hydrogen (secondary N) is 1. The van der Waals surface area contributed by atoms with E-state index in [2.05, 4.69) is 4.98 Å². The van der Waals surface area contributed by atoms with Crippen molar-refractivity contribution in [2.45, 2.75) is 19.9 Å². The molecule has 0 aliphatic carbocycles. The van der Waals surface area contributed by atoms with Gasteiger partial charge in [-0.2, -0.15) is 0 Å². The molecular weight excluding hydrogens is 407 g/mol. The van der Waals surface area contributed by atoms with Crippen LogP contribution < -0.4 is 26.6 Å². The Morgan fingerprint density at radius 2 is 2.10 bits per heavy atom. The maximum atomic E-state index is 13.3. The van der Waals surface area contributed by atoms with Gasteiger partial charge in [0.1, 0.15) is 17.4 Å². The molecule has 1 aromatic carbocycles. The number of rotatable bonds is 9. The first-order chi connectivity index (χ1) is 13.8. The molecule has 0 fully saturated rings. The average Bonchev–Trinajstić information content (AvgIpc) is 2.68. The Labute approximate surface area is 170 Å². The van der Waals surface area contributed by atoms with Gasteiger partial charge in [0.2, 0.25) is 0 Å². The Hall–Kier alpha value is -2.85. The lowest BCUT2D eigenvalue weighted by molar-refractivity contribution is -0.120. The highest BCUT2D eigenvalue weighted by Crippen LogP contribution is 2.22. The number of hydrogen-bond donors (Lipinski definition) is 2. The molecule has 0 radical (unpaired) electrons. The van der Waals surface area contributed by atoms with Crippen LogP contribution in [0.3, 0.4) is 0 Å². The molecule has 9 nitrogen and oxygen atoms in total. The SMILES string of the molecule is CCCn1c(N)c(N(CCOC)C(=O)COc2ccc(F)c(Cl)c2)c(=O)[nH]c1=O. The van der Waals surface area contributed by atoms with Gasteiger partial charge in [0.15, 0.2) is 12.3 Å². The van der Waals surface area contributed by atoms with E-state index >= 15 is 0 Å². The number of nitrogen functional groups attached to an aromatic ring is 1. The fourth-order valence-electron chi connectivity index (χ4n) is 2.62. The lowest BCUT2D eigenvalue weighted by Gasteiger charge is -2.24. The van der Waals surface area contributed by atoms with Crippen molar-refractivity contribution in [3.63, 3.8) is 0 Å². The quantitative estimate of drug-likeness (QED) is 0.622. The van der Waals surface area contributed by atoms with Gasteiger partial charge in [0.25, 0.3) is 11.5 Å². The third-order valence-electron chi connectivity index (χ3n) is 4.00. The number of aromatic amines is 1. The maximum Gasteiger partial charge on any atom is 0.330 e. The number of amides is 1. The molecule has 0 saturated heterocycles. The van der Waals surface area contributed by atoms with E-state index in [4.69, 9.17) is 26.8 Å². The van der Waals surface area contributed by atoms with Gasteiger partial charge in [-0.3, -0.25) is 24.0 Å². The van der Waals surface area contributed by atoms with E-state index < -0.39 is 29.6 Å². The minimum atomic E-state index is -0.797. The second-order valence-corrected chi connectivity index (χ2v) is 6.45. The monoisotopic (exact) mass is 428 g/mol. The molecule has 1 aromatic heterocycles. The number of carbonyl (C=O) groups is 1. The molecule has 0 atom stereocenters. The predicted molar refractivity (Wildman–Crippen MR) is 107 cm³/mol. The summed E-state index contributed by atoms with van der Waals surface area (Å²) in [5.41, 5.74) is 4.41. The molecule has 2 aromatic rings. The van der Waals surface area contributed by atoms with Crippen molar-refractivity contribution in [1.82, 2.24) is 9.55 Å². The van der Waals surface area contributed by atoms with Gasteiger partial charge in [0.05, 0.1) is 11.6 Å². The zero-order valence-corrected chi connectivity index (χ0v) is 16.8. The predicted octanol–water partition coefficient (Wildman–Crippen LogP) is 1.38. The smallest absolute Gasteiger partial charge is 0.330 e. The molecule has 0 bridgehead atoms. The first kappa shape index (κ1) is 22.4. The van der Waals surface area contributed by atoms with Crippen LogP contribution in [0.2, 0.25) is 5.02 Å². The van der Waals surface area contributed by atoms with Crippen LogP contribution in [0.1, 0.15) is 13.3 Å². The molecule has 11 heteroatoms. The highest BCUT2D eigenvalue weighted by molar-refractivity contribution is 6.30. The molecule has 1 heterocycles. The van der Waals surface area contributed by atoms with Crippen LogP contribution in [0.25, 0.3) is 0 Å². The number of nitrogens with two attached hydrogens (primary N) is 1. The Kier molecular flexibility index (Phi) is 7.80. The van der Waals surface area contributed by atoms with Gasteiger partial charge >= 0.3 is 5.69 Å². The van der Waals surface area contributed by atoms with E-state index in [1.54, 1.807) is 0 Å². The van der Waals surface area contributed by atoms with Gasteiger partial charge < -0.3 is 15.2 Å². The van der Waals surface area contributed by atoms with E-state index in [0.717, 1.165) is 11.0 Å². The zero-order valence-electron chi connectivity index (χ0n) is 16.0. The zero-order chi connectivity index (χ0) is 21.6. The number of benzene rings is 1. The van der Waals surface area contributed by atoms with Crippen molar-refractivity contribution in [2.75, 3.05) is 37.5 Å². The highest BCUT2D eigenvalue weighted by atomic mass is 35.5. The van der Waals surface area contributed by atoms with Crippen LogP contribution in [0.4, 0.5) is 15.9 Å². The summed E-state index contributed by atoms with van der Waals surface area (Å²) >= 11 is 5.70. The van der Waals surface area contributed by atoms with Crippen molar-refractivity contribution in [3.05, 3.63) is 49.9 Å². The molecule has 1 amide bonds. The van der Waals surface area contributed by atoms with E-state index in [9.17, 15) is 18.8 Å². The minimum Gasteiger partial charge on any atom is -0.484 e. The van der Waals surface area contributed by atoms with Crippen molar-refractivity contribution < 1.29 is 18.7 Å². The van der Waals surface area contributed by atoms with Gasteiger partial charge in [-0.25, -0.2) is 9.18 Å². The number of H-pyrrole nitrogens is 1. The van der Waals surface area contributed by atoms with Crippen molar-refractivity contribution >= 4 is 29.0 Å². The number of anilines is 2. The van der Waals surface area contributed by atoms with Gasteiger partial charge in [-0.15, -0.1) is 0 Å². The topological polar surface area (TPSA) is 120 Å². The Morgan fingerprint density at radius 1 is 1.38 bits per heavy atom.